The van der Waals surface area contributed by atoms with E-state index in [-0.39, 0.29) is 36.2 Å². The molecule has 3 rings (SSSR count). The molecule has 0 fully saturated rings. The van der Waals surface area contributed by atoms with Gasteiger partial charge in [-0.05, 0) is 30.3 Å². The van der Waals surface area contributed by atoms with Gasteiger partial charge < -0.3 is 15.8 Å². The molecule has 6 nitrogen and oxygen atoms in total. The lowest BCUT2D eigenvalue weighted by atomic mass is 9.90. The maximum atomic E-state index is 14.4. The van der Waals surface area contributed by atoms with Crippen LogP contribution in [-0.2, 0) is 16.5 Å². The van der Waals surface area contributed by atoms with Crippen molar-refractivity contribution in [1.82, 2.24) is 4.98 Å². The molecule has 168 valence electrons. The van der Waals surface area contributed by atoms with Crippen molar-refractivity contribution in [3.05, 3.63) is 59.2 Å². The van der Waals surface area contributed by atoms with Crippen LogP contribution in [-0.4, -0.2) is 36.4 Å². The van der Waals surface area contributed by atoms with Gasteiger partial charge in [0.05, 0.1) is 12.2 Å². The molecule has 2 aromatic rings. The topological polar surface area (TPSA) is 89.6 Å². The first-order chi connectivity index (χ1) is 14.0. The highest BCUT2D eigenvalue weighted by Gasteiger charge is 2.46. The average molecular weight is 469 g/mol. The maximum Gasteiger partial charge on any atom is 0.417 e. The first kappa shape index (κ1) is 24.4. The fourth-order valence-corrected chi connectivity index (χ4v) is 2.83. The summed E-state index contributed by atoms with van der Waals surface area (Å²) in [5, 5.41) is 2.28. The zero-order valence-electron chi connectivity index (χ0n) is 15.4. The number of hydrogen-bond acceptors (Lipinski definition) is 5. The minimum atomic E-state index is -4.62. The maximum absolute atomic E-state index is 14.4. The van der Waals surface area contributed by atoms with Gasteiger partial charge in [-0.1, -0.05) is 0 Å². The van der Waals surface area contributed by atoms with E-state index < -0.39 is 47.6 Å². The number of amides is 1. The second-order valence-corrected chi connectivity index (χ2v) is 6.40. The standard InChI is InChI=1S/C18H14F6N4O2.ClH/c19-12-3-2-10(5-11(12)17(16(20)21)8-30-7-14(25)28-17)27-15(29)13-4-1-9(6-26-13)18(22,23)24;/h1-6,16H,7-8H2,(H2,25,28)(H,27,29);1H/t17-;/m0./s1. The van der Waals surface area contributed by atoms with E-state index in [1.54, 1.807) is 0 Å². The van der Waals surface area contributed by atoms with Crippen molar-refractivity contribution < 1.29 is 35.9 Å². The highest BCUT2D eigenvalue weighted by molar-refractivity contribution is 6.02. The number of hydrogen-bond donors (Lipinski definition) is 2. The molecule has 3 N–H and O–H groups in total. The first-order valence-corrected chi connectivity index (χ1v) is 8.37. The largest absolute Gasteiger partial charge is 0.417 e. The second-order valence-electron chi connectivity index (χ2n) is 6.40. The molecule has 0 radical (unpaired) electrons. The summed E-state index contributed by atoms with van der Waals surface area (Å²) in [5.41, 5.74) is 1.02. The van der Waals surface area contributed by atoms with E-state index in [1.165, 1.54) is 0 Å². The van der Waals surface area contributed by atoms with Gasteiger partial charge in [0.15, 0.2) is 5.54 Å². The summed E-state index contributed by atoms with van der Waals surface area (Å²) in [4.78, 5) is 19.4. The van der Waals surface area contributed by atoms with Crippen LogP contribution in [0.2, 0.25) is 0 Å². The highest BCUT2D eigenvalue weighted by Crippen LogP contribution is 2.38. The number of rotatable bonds is 4. The van der Waals surface area contributed by atoms with Gasteiger partial charge in [0.1, 0.15) is 24.0 Å². The molecule has 0 unspecified atom stereocenters. The van der Waals surface area contributed by atoms with Crippen molar-refractivity contribution in [3.8, 4) is 0 Å². The predicted molar refractivity (Wildman–Crippen MR) is 101 cm³/mol. The number of nitrogens with two attached hydrogens (primary N) is 1. The first-order valence-electron chi connectivity index (χ1n) is 8.37. The quantitative estimate of drug-likeness (QED) is 0.669. The van der Waals surface area contributed by atoms with Gasteiger partial charge in [0, 0.05) is 17.4 Å². The molecule has 0 aliphatic carbocycles. The van der Waals surface area contributed by atoms with E-state index >= 15 is 0 Å². The molecule has 0 saturated carbocycles. The van der Waals surface area contributed by atoms with Crippen molar-refractivity contribution >= 4 is 29.8 Å². The Morgan fingerprint density at radius 1 is 1.23 bits per heavy atom. The molecular formula is C18H15ClF6N4O2. The Morgan fingerprint density at radius 2 is 1.94 bits per heavy atom. The summed E-state index contributed by atoms with van der Waals surface area (Å²) >= 11 is 0. The Bertz CT molecular complexity index is 984. The summed E-state index contributed by atoms with van der Waals surface area (Å²) in [6, 6.07) is 4.39. The molecule has 1 aromatic carbocycles. The van der Waals surface area contributed by atoms with Crippen molar-refractivity contribution in [3.63, 3.8) is 0 Å². The van der Waals surface area contributed by atoms with Crippen LogP contribution in [0.15, 0.2) is 41.5 Å². The predicted octanol–water partition coefficient (Wildman–Crippen LogP) is 3.76. The Kier molecular flexibility index (Phi) is 7.17. The zero-order valence-corrected chi connectivity index (χ0v) is 16.2. The van der Waals surface area contributed by atoms with Crippen molar-refractivity contribution in [2.24, 2.45) is 10.7 Å². The number of aromatic nitrogens is 1. The van der Waals surface area contributed by atoms with Crippen molar-refractivity contribution in [2.75, 3.05) is 18.5 Å². The monoisotopic (exact) mass is 468 g/mol. The molecule has 1 atom stereocenters. The van der Waals surface area contributed by atoms with E-state index in [9.17, 15) is 31.1 Å². The van der Waals surface area contributed by atoms with Crippen LogP contribution in [0.25, 0.3) is 0 Å². The third-order valence-electron chi connectivity index (χ3n) is 4.29. The summed E-state index contributed by atoms with van der Waals surface area (Å²) in [6.07, 6.45) is -7.32. The van der Waals surface area contributed by atoms with Crippen molar-refractivity contribution in [1.29, 1.82) is 0 Å². The number of amidine groups is 1. The molecule has 2 heterocycles. The Morgan fingerprint density at radius 3 is 2.48 bits per heavy atom. The minimum Gasteiger partial charge on any atom is -0.385 e. The van der Waals surface area contributed by atoms with E-state index in [0.29, 0.717) is 12.3 Å². The van der Waals surface area contributed by atoms with E-state index in [2.05, 4.69) is 15.3 Å². The summed E-state index contributed by atoms with van der Waals surface area (Å²) in [6.45, 7) is -0.827. The Labute approximate surface area is 177 Å². The molecule has 0 saturated heterocycles. The van der Waals surface area contributed by atoms with Crippen molar-refractivity contribution in [2.45, 2.75) is 18.1 Å². The Balaban J connectivity index is 0.00000341. The van der Waals surface area contributed by atoms with Crippen LogP contribution in [0.5, 0.6) is 0 Å². The molecule has 1 aliphatic heterocycles. The number of alkyl halides is 5. The van der Waals surface area contributed by atoms with Crippen LogP contribution in [0.3, 0.4) is 0 Å². The number of aliphatic imine (C=N–C) groups is 1. The number of benzene rings is 1. The van der Waals surface area contributed by atoms with Gasteiger partial charge in [-0.3, -0.25) is 14.8 Å². The average Bonchev–Trinajstić information content (AvgIpc) is 2.68. The highest BCUT2D eigenvalue weighted by atomic mass is 35.5. The molecule has 0 bridgehead atoms. The third-order valence-corrected chi connectivity index (χ3v) is 4.29. The van der Waals surface area contributed by atoms with Crippen LogP contribution in [0.4, 0.5) is 32.0 Å². The molecular weight excluding hydrogens is 454 g/mol. The number of nitrogens with zero attached hydrogens (tertiary/aromatic N) is 2. The molecule has 0 spiro atoms. The summed E-state index contributed by atoms with van der Waals surface area (Å²) < 4.78 is 84.8. The molecule has 1 amide bonds. The summed E-state index contributed by atoms with van der Waals surface area (Å²) in [7, 11) is 0. The number of ether oxygens (including phenoxy) is 1. The van der Waals surface area contributed by atoms with Gasteiger partial charge >= 0.3 is 6.18 Å². The number of halogens is 7. The second kappa shape index (κ2) is 9.10. The molecule has 1 aliphatic rings. The number of nitrogens with one attached hydrogen (secondary N) is 1. The zero-order chi connectivity index (χ0) is 22.1. The normalized spacial score (nSPS) is 18.9. The fourth-order valence-electron chi connectivity index (χ4n) is 2.83. The van der Waals surface area contributed by atoms with Crippen LogP contribution < -0.4 is 11.1 Å². The van der Waals surface area contributed by atoms with Gasteiger partial charge in [-0.25, -0.2) is 13.2 Å². The lowest BCUT2D eigenvalue weighted by molar-refractivity contribution is -0.137. The fraction of sp³-hybridized carbons (Fsp3) is 0.278. The van der Waals surface area contributed by atoms with Gasteiger partial charge in [-0.15, -0.1) is 12.4 Å². The third kappa shape index (κ3) is 5.07. The smallest absolute Gasteiger partial charge is 0.385 e. The van der Waals surface area contributed by atoms with Gasteiger partial charge in [0.25, 0.3) is 12.3 Å². The van der Waals surface area contributed by atoms with Gasteiger partial charge in [-0.2, -0.15) is 13.2 Å². The molecule has 13 heteroatoms. The van der Waals surface area contributed by atoms with Gasteiger partial charge in [0.2, 0.25) is 0 Å². The van der Waals surface area contributed by atoms with E-state index in [1.807, 2.05) is 0 Å². The molecule has 1 aromatic heterocycles. The lowest BCUT2D eigenvalue weighted by Gasteiger charge is -2.33. The SMILES string of the molecule is Cl.NC1=N[C@@](c2cc(NC(=O)c3ccc(C(F)(F)F)cn3)ccc2F)(C(F)F)COC1. The number of carbonyl (C=O) groups excluding carboxylic acids is 1. The lowest BCUT2D eigenvalue weighted by Crippen LogP contribution is -2.45. The number of pyridine rings is 1. The van der Waals surface area contributed by atoms with E-state index in [4.69, 9.17) is 10.5 Å². The van der Waals surface area contributed by atoms with Crippen LogP contribution in [0.1, 0.15) is 21.6 Å². The minimum absolute atomic E-state index is 0. The summed E-state index contributed by atoms with van der Waals surface area (Å²) in [5.74, 6) is -2.19. The number of carbonyl (C=O) groups is 1. The van der Waals surface area contributed by atoms with Crippen LogP contribution in [0, 0.1) is 5.82 Å². The van der Waals surface area contributed by atoms with Crippen LogP contribution >= 0.6 is 12.4 Å². The number of anilines is 1. The molecule has 31 heavy (non-hydrogen) atoms. The Hall–Kier alpha value is -2.86. The van der Waals surface area contributed by atoms with E-state index in [0.717, 1.165) is 24.3 Å².